The largest absolute Gasteiger partial charge is 0.468 e. The number of carbonyl (C=O) groups excluding carboxylic acids is 1. The highest BCUT2D eigenvalue weighted by Crippen LogP contribution is 2.27. The first-order valence-corrected chi connectivity index (χ1v) is 6.20. The Hall–Kier alpha value is -1.00. The van der Waals surface area contributed by atoms with Crippen LogP contribution in [0, 0.1) is 0 Å². The molecule has 0 unspecified atom stereocenters. The number of esters is 1. The first-order chi connectivity index (χ1) is 7.65. The van der Waals surface area contributed by atoms with Crippen molar-refractivity contribution in [3.05, 3.63) is 35.9 Å². The third kappa shape index (κ3) is 3.87. The number of methoxy groups -OCH3 is 1. The van der Waals surface area contributed by atoms with Crippen molar-refractivity contribution in [1.29, 1.82) is 0 Å². The van der Waals surface area contributed by atoms with Crippen molar-refractivity contribution in [3.63, 3.8) is 0 Å². The summed E-state index contributed by atoms with van der Waals surface area (Å²) in [5, 5.41) is 0.330. The first-order valence-electron chi connectivity index (χ1n) is 5.15. The van der Waals surface area contributed by atoms with Crippen LogP contribution in [-0.2, 0) is 9.53 Å². The van der Waals surface area contributed by atoms with E-state index in [4.69, 9.17) is 5.73 Å². The van der Waals surface area contributed by atoms with Gasteiger partial charge in [-0.1, -0.05) is 30.3 Å². The first kappa shape index (κ1) is 13.1. The maximum atomic E-state index is 11.1. The molecule has 0 saturated heterocycles. The van der Waals surface area contributed by atoms with Gasteiger partial charge in [0.1, 0.15) is 6.04 Å². The molecular weight excluding hydrogens is 222 g/mol. The van der Waals surface area contributed by atoms with Gasteiger partial charge < -0.3 is 10.5 Å². The number of hydrogen-bond acceptors (Lipinski definition) is 4. The Bertz CT molecular complexity index is 329. The van der Waals surface area contributed by atoms with Crippen molar-refractivity contribution in [2.45, 2.75) is 18.2 Å². The molecule has 0 bridgehead atoms. The number of thioether (sulfide) groups is 1. The van der Waals surface area contributed by atoms with Gasteiger partial charge in [-0.25, -0.2) is 0 Å². The van der Waals surface area contributed by atoms with E-state index in [-0.39, 0.29) is 5.97 Å². The molecular formula is C12H17NO2S. The molecule has 88 valence electrons. The van der Waals surface area contributed by atoms with Crippen LogP contribution in [0.25, 0.3) is 0 Å². The van der Waals surface area contributed by atoms with E-state index in [1.54, 1.807) is 11.8 Å². The van der Waals surface area contributed by atoms with Crippen molar-refractivity contribution in [2.75, 3.05) is 12.9 Å². The lowest BCUT2D eigenvalue weighted by Crippen LogP contribution is -2.34. The van der Waals surface area contributed by atoms with Gasteiger partial charge in [-0.15, -0.1) is 0 Å². The molecule has 0 saturated carbocycles. The summed E-state index contributed by atoms with van der Waals surface area (Å²) in [4.78, 5) is 11.1. The normalized spacial score (nSPS) is 14.2. The molecule has 0 radical (unpaired) electrons. The fraction of sp³-hybridized carbons (Fsp3) is 0.417. The molecule has 2 N–H and O–H groups in total. The Morgan fingerprint density at radius 3 is 2.62 bits per heavy atom. The Kier molecular flexibility index (Phi) is 5.35. The average Bonchev–Trinajstić information content (AvgIpc) is 2.35. The van der Waals surface area contributed by atoms with Crippen LogP contribution in [0.1, 0.15) is 17.7 Å². The minimum Gasteiger partial charge on any atom is -0.468 e. The SMILES string of the molecule is COC(=O)[C@H](N)CS[C@@H](C)c1ccccc1. The maximum Gasteiger partial charge on any atom is 0.323 e. The lowest BCUT2D eigenvalue weighted by Gasteiger charge is -2.14. The number of rotatable bonds is 5. The zero-order valence-corrected chi connectivity index (χ0v) is 10.4. The van der Waals surface area contributed by atoms with Crippen molar-refractivity contribution in [1.82, 2.24) is 0 Å². The van der Waals surface area contributed by atoms with Crippen LogP contribution >= 0.6 is 11.8 Å². The zero-order valence-electron chi connectivity index (χ0n) is 9.55. The summed E-state index contributed by atoms with van der Waals surface area (Å²) in [5.41, 5.74) is 6.90. The molecule has 2 atom stereocenters. The van der Waals surface area contributed by atoms with Gasteiger partial charge in [-0.05, 0) is 12.5 Å². The second-order valence-corrected chi connectivity index (χ2v) is 4.89. The van der Waals surface area contributed by atoms with Crippen molar-refractivity contribution >= 4 is 17.7 Å². The topological polar surface area (TPSA) is 52.3 Å². The molecule has 0 heterocycles. The molecule has 16 heavy (non-hydrogen) atoms. The summed E-state index contributed by atoms with van der Waals surface area (Å²) in [5.74, 6) is 0.218. The molecule has 4 heteroatoms. The monoisotopic (exact) mass is 239 g/mol. The van der Waals surface area contributed by atoms with E-state index < -0.39 is 6.04 Å². The highest BCUT2D eigenvalue weighted by Gasteiger charge is 2.15. The third-order valence-electron chi connectivity index (χ3n) is 2.30. The van der Waals surface area contributed by atoms with Crippen molar-refractivity contribution < 1.29 is 9.53 Å². The van der Waals surface area contributed by atoms with Crippen LogP contribution < -0.4 is 5.73 Å². The highest BCUT2D eigenvalue weighted by molar-refractivity contribution is 7.99. The van der Waals surface area contributed by atoms with Crippen molar-refractivity contribution in [2.24, 2.45) is 5.73 Å². The standard InChI is InChI=1S/C12H17NO2S/c1-9(10-6-4-3-5-7-10)16-8-11(13)12(14)15-2/h3-7,9,11H,8,13H2,1-2H3/t9-,11+/m0/s1. The fourth-order valence-corrected chi connectivity index (χ4v) is 2.27. The minimum atomic E-state index is -0.541. The van der Waals surface area contributed by atoms with Crippen LogP contribution in [0.5, 0.6) is 0 Å². The molecule has 0 amide bonds. The molecule has 3 nitrogen and oxygen atoms in total. The van der Waals surface area contributed by atoms with Gasteiger partial charge in [0.05, 0.1) is 7.11 Å². The molecule has 0 aliphatic rings. The van der Waals surface area contributed by atoms with Gasteiger partial charge in [0.2, 0.25) is 0 Å². The molecule has 0 aliphatic heterocycles. The van der Waals surface area contributed by atoms with E-state index in [0.29, 0.717) is 11.0 Å². The number of carbonyl (C=O) groups is 1. The van der Waals surface area contributed by atoms with Gasteiger partial charge in [-0.2, -0.15) is 11.8 Å². The molecule has 1 aromatic rings. The predicted molar refractivity (Wildman–Crippen MR) is 67.3 cm³/mol. The molecule has 0 spiro atoms. The lowest BCUT2D eigenvalue weighted by atomic mass is 10.2. The number of ether oxygens (including phenoxy) is 1. The van der Waals surface area contributed by atoms with E-state index >= 15 is 0 Å². The number of nitrogens with two attached hydrogens (primary N) is 1. The average molecular weight is 239 g/mol. The summed E-state index contributed by atoms with van der Waals surface area (Å²) in [6, 6.07) is 9.60. The van der Waals surface area contributed by atoms with E-state index in [0.717, 1.165) is 0 Å². The third-order valence-corrected chi connectivity index (χ3v) is 3.62. The van der Waals surface area contributed by atoms with Gasteiger partial charge in [0.25, 0.3) is 0 Å². The molecule has 1 rings (SSSR count). The number of hydrogen-bond donors (Lipinski definition) is 1. The van der Waals surface area contributed by atoms with E-state index in [2.05, 4.69) is 23.8 Å². The van der Waals surface area contributed by atoms with E-state index in [1.165, 1.54) is 12.7 Å². The Morgan fingerprint density at radius 1 is 1.44 bits per heavy atom. The molecule has 0 aliphatic carbocycles. The van der Waals surface area contributed by atoms with Gasteiger partial charge in [0.15, 0.2) is 0 Å². The zero-order chi connectivity index (χ0) is 12.0. The second kappa shape index (κ2) is 6.55. The summed E-state index contributed by atoms with van der Waals surface area (Å²) < 4.78 is 4.57. The summed E-state index contributed by atoms with van der Waals surface area (Å²) in [7, 11) is 1.35. The smallest absolute Gasteiger partial charge is 0.323 e. The second-order valence-electron chi connectivity index (χ2n) is 3.52. The van der Waals surface area contributed by atoms with Crippen LogP contribution in [0.2, 0.25) is 0 Å². The van der Waals surface area contributed by atoms with Crippen LogP contribution in [0.15, 0.2) is 30.3 Å². The minimum absolute atomic E-state index is 0.330. The van der Waals surface area contributed by atoms with E-state index in [9.17, 15) is 4.79 Å². The highest BCUT2D eigenvalue weighted by atomic mass is 32.2. The summed E-state index contributed by atoms with van der Waals surface area (Å²) in [6.07, 6.45) is 0. The quantitative estimate of drug-likeness (QED) is 0.798. The summed E-state index contributed by atoms with van der Waals surface area (Å²) in [6.45, 7) is 2.10. The predicted octanol–water partition coefficient (Wildman–Crippen LogP) is 1.98. The van der Waals surface area contributed by atoms with Crippen molar-refractivity contribution in [3.8, 4) is 0 Å². The van der Waals surface area contributed by atoms with Gasteiger partial charge in [-0.3, -0.25) is 4.79 Å². The Morgan fingerprint density at radius 2 is 2.06 bits per heavy atom. The van der Waals surface area contributed by atoms with Crippen LogP contribution in [0.3, 0.4) is 0 Å². The number of benzene rings is 1. The maximum absolute atomic E-state index is 11.1. The fourth-order valence-electron chi connectivity index (χ4n) is 1.29. The Labute approximate surface area is 100 Å². The van der Waals surface area contributed by atoms with Gasteiger partial charge >= 0.3 is 5.97 Å². The van der Waals surface area contributed by atoms with Crippen LogP contribution in [-0.4, -0.2) is 24.9 Å². The van der Waals surface area contributed by atoms with Crippen LogP contribution in [0.4, 0.5) is 0 Å². The Balaban J connectivity index is 2.41. The molecule has 0 fully saturated rings. The molecule has 0 aromatic heterocycles. The van der Waals surface area contributed by atoms with Gasteiger partial charge in [0, 0.05) is 11.0 Å². The van der Waals surface area contributed by atoms with E-state index in [1.807, 2.05) is 18.2 Å². The molecule has 1 aromatic carbocycles. The summed E-state index contributed by atoms with van der Waals surface area (Å²) >= 11 is 1.66. The lowest BCUT2D eigenvalue weighted by molar-refractivity contribution is -0.141.